The maximum Gasteiger partial charge on any atom is 0.227 e. The molecule has 0 saturated carbocycles. The lowest BCUT2D eigenvalue weighted by Crippen LogP contribution is -2.38. The Labute approximate surface area is 178 Å². The second-order valence-corrected chi connectivity index (χ2v) is 8.83. The van der Waals surface area contributed by atoms with E-state index in [1.54, 1.807) is 0 Å². The molecule has 0 atom stereocenters. The number of rotatable bonds is 8. The Kier molecular flexibility index (Phi) is 8.17. The van der Waals surface area contributed by atoms with Crippen molar-refractivity contribution in [1.82, 2.24) is 4.90 Å². The van der Waals surface area contributed by atoms with E-state index in [4.69, 9.17) is 0 Å². The van der Waals surface area contributed by atoms with Crippen LogP contribution in [0.25, 0.3) is 0 Å². The number of thioether (sulfide) groups is 1. The molecule has 154 valence electrons. The Morgan fingerprint density at radius 2 is 1.59 bits per heavy atom. The standard InChI is InChI=1S/C24H30N2O2S/c1-19-6-8-20(9-7-19)4-2-3-5-23(27)25-22-12-10-21(11-13-22)18-24(28)26-14-16-29-17-15-26/h6-13H,2-5,14-18H2,1H3,(H,25,27). The number of hydrogen-bond acceptors (Lipinski definition) is 3. The van der Waals surface area contributed by atoms with Crippen LogP contribution in [0, 0.1) is 6.92 Å². The van der Waals surface area contributed by atoms with Gasteiger partial charge in [-0.1, -0.05) is 42.0 Å². The molecule has 4 nitrogen and oxygen atoms in total. The maximum atomic E-state index is 12.3. The van der Waals surface area contributed by atoms with E-state index in [2.05, 4.69) is 36.5 Å². The van der Waals surface area contributed by atoms with Gasteiger partial charge < -0.3 is 10.2 Å². The summed E-state index contributed by atoms with van der Waals surface area (Å²) in [6.07, 6.45) is 3.84. The molecule has 0 spiro atoms. The predicted octanol–water partition coefficient (Wildman–Crippen LogP) is 4.46. The number of hydrogen-bond donors (Lipinski definition) is 1. The highest BCUT2D eigenvalue weighted by atomic mass is 32.2. The van der Waals surface area contributed by atoms with Crippen LogP contribution in [0.4, 0.5) is 5.69 Å². The smallest absolute Gasteiger partial charge is 0.227 e. The largest absolute Gasteiger partial charge is 0.341 e. The average Bonchev–Trinajstić information content (AvgIpc) is 2.74. The van der Waals surface area contributed by atoms with Crippen molar-refractivity contribution in [2.45, 2.75) is 39.0 Å². The predicted molar refractivity (Wildman–Crippen MR) is 121 cm³/mol. The summed E-state index contributed by atoms with van der Waals surface area (Å²) in [5.74, 6) is 2.29. The first-order chi connectivity index (χ1) is 14.1. The lowest BCUT2D eigenvalue weighted by atomic mass is 10.1. The third kappa shape index (κ3) is 7.24. The second-order valence-electron chi connectivity index (χ2n) is 7.61. The summed E-state index contributed by atoms with van der Waals surface area (Å²) in [5.41, 5.74) is 4.38. The van der Waals surface area contributed by atoms with E-state index < -0.39 is 0 Å². The first kappa shape index (κ1) is 21.4. The van der Waals surface area contributed by atoms with Crippen molar-refractivity contribution in [3.8, 4) is 0 Å². The summed E-state index contributed by atoms with van der Waals surface area (Å²) in [6, 6.07) is 16.2. The molecule has 0 unspecified atom stereocenters. The molecule has 3 rings (SSSR count). The first-order valence-corrected chi connectivity index (χ1v) is 11.6. The van der Waals surface area contributed by atoms with E-state index >= 15 is 0 Å². The summed E-state index contributed by atoms with van der Waals surface area (Å²) >= 11 is 1.90. The zero-order valence-corrected chi connectivity index (χ0v) is 18.0. The van der Waals surface area contributed by atoms with Crippen LogP contribution in [0.15, 0.2) is 48.5 Å². The number of carbonyl (C=O) groups excluding carboxylic acids is 2. The highest BCUT2D eigenvalue weighted by Crippen LogP contribution is 2.15. The number of carbonyl (C=O) groups is 2. The van der Waals surface area contributed by atoms with Crippen molar-refractivity contribution in [3.05, 3.63) is 65.2 Å². The summed E-state index contributed by atoms with van der Waals surface area (Å²) in [4.78, 5) is 26.5. The minimum absolute atomic E-state index is 0.0450. The average molecular weight is 411 g/mol. The second kappa shape index (κ2) is 11.1. The van der Waals surface area contributed by atoms with Crippen LogP contribution in [-0.4, -0.2) is 41.3 Å². The van der Waals surface area contributed by atoms with Crippen molar-refractivity contribution in [1.29, 1.82) is 0 Å². The van der Waals surface area contributed by atoms with Gasteiger partial charge in [0.05, 0.1) is 6.42 Å². The monoisotopic (exact) mass is 410 g/mol. The third-order valence-electron chi connectivity index (χ3n) is 5.20. The van der Waals surface area contributed by atoms with Crippen molar-refractivity contribution in [2.75, 3.05) is 29.9 Å². The van der Waals surface area contributed by atoms with Gasteiger partial charge in [0.1, 0.15) is 0 Å². The number of unbranched alkanes of at least 4 members (excludes halogenated alkanes) is 1. The molecule has 2 amide bonds. The van der Waals surface area contributed by atoms with Gasteiger partial charge in [0.15, 0.2) is 0 Å². The topological polar surface area (TPSA) is 49.4 Å². The fourth-order valence-corrected chi connectivity index (χ4v) is 4.30. The van der Waals surface area contributed by atoms with Gasteiger partial charge in [-0.3, -0.25) is 9.59 Å². The minimum Gasteiger partial charge on any atom is -0.341 e. The highest BCUT2D eigenvalue weighted by molar-refractivity contribution is 7.99. The van der Waals surface area contributed by atoms with Gasteiger partial charge in [-0.05, 0) is 49.4 Å². The molecule has 5 heteroatoms. The normalized spacial score (nSPS) is 13.9. The Morgan fingerprint density at radius 3 is 2.28 bits per heavy atom. The van der Waals surface area contributed by atoms with Crippen LogP contribution in [-0.2, 0) is 22.4 Å². The molecular weight excluding hydrogens is 380 g/mol. The fourth-order valence-electron chi connectivity index (χ4n) is 3.40. The summed E-state index contributed by atoms with van der Waals surface area (Å²) in [6.45, 7) is 3.79. The molecule has 1 heterocycles. The van der Waals surface area contributed by atoms with Gasteiger partial charge in [-0.15, -0.1) is 0 Å². The Hall–Kier alpha value is -2.27. The van der Waals surface area contributed by atoms with Crippen molar-refractivity contribution < 1.29 is 9.59 Å². The van der Waals surface area contributed by atoms with E-state index in [-0.39, 0.29) is 11.8 Å². The Balaban J connectivity index is 1.36. The van der Waals surface area contributed by atoms with E-state index in [1.807, 2.05) is 40.9 Å². The van der Waals surface area contributed by atoms with Crippen LogP contribution in [0.3, 0.4) is 0 Å². The molecule has 0 aliphatic carbocycles. The molecule has 0 bridgehead atoms. The van der Waals surface area contributed by atoms with Gasteiger partial charge in [0.2, 0.25) is 11.8 Å². The van der Waals surface area contributed by atoms with Crippen molar-refractivity contribution in [3.63, 3.8) is 0 Å². The van der Waals surface area contributed by atoms with Gasteiger partial charge in [-0.2, -0.15) is 11.8 Å². The van der Waals surface area contributed by atoms with E-state index in [0.717, 1.165) is 55.1 Å². The molecule has 29 heavy (non-hydrogen) atoms. The van der Waals surface area contributed by atoms with Crippen LogP contribution >= 0.6 is 11.8 Å². The van der Waals surface area contributed by atoms with Crippen LogP contribution in [0.2, 0.25) is 0 Å². The van der Waals surface area contributed by atoms with Gasteiger partial charge >= 0.3 is 0 Å². The molecule has 1 fully saturated rings. The number of anilines is 1. The van der Waals surface area contributed by atoms with Gasteiger partial charge in [0.25, 0.3) is 0 Å². The number of nitrogens with zero attached hydrogens (tertiary/aromatic N) is 1. The number of amides is 2. The molecule has 2 aromatic rings. The summed E-state index contributed by atoms with van der Waals surface area (Å²) in [5, 5.41) is 2.95. The van der Waals surface area contributed by atoms with E-state index in [9.17, 15) is 9.59 Å². The first-order valence-electron chi connectivity index (χ1n) is 10.4. The Morgan fingerprint density at radius 1 is 0.931 bits per heavy atom. The van der Waals surface area contributed by atoms with Gasteiger partial charge in [0, 0.05) is 36.7 Å². The zero-order valence-electron chi connectivity index (χ0n) is 17.2. The SMILES string of the molecule is Cc1ccc(CCCCC(=O)Nc2ccc(CC(=O)N3CCSCC3)cc2)cc1. The lowest BCUT2D eigenvalue weighted by Gasteiger charge is -2.26. The van der Waals surface area contributed by atoms with Gasteiger partial charge in [-0.25, -0.2) is 0 Å². The fraction of sp³-hybridized carbons (Fsp3) is 0.417. The maximum absolute atomic E-state index is 12.3. The highest BCUT2D eigenvalue weighted by Gasteiger charge is 2.16. The quantitative estimate of drug-likeness (QED) is 0.654. The van der Waals surface area contributed by atoms with Crippen molar-refractivity contribution in [2.24, 2.45) is 0 Å². The van der Waals surface area contributed by atoms with Crippen LogP contribution in [0.5, 0.6) is 0 Å². The molecular formula is C24H30N2O2S. The van der Waals surface area contributed by atoms with Crippen LogP contribution < -0.4 is 5.32 Å². The molecule has 1 N–H and O–H groups in total. The van der Waals surface area contributed by atoms with Crippen LogP contribution in [0.1, 0.15) is 36.0 Å². The number of nitrogens with one attached hydrogen (secondary N) is 1. The lowest BCUT2D eigenvalue weighted by molar-refractivity contribution is -0.130. The van der Waals surface area contributed by atoms with Crippen molar-refractivity contribution >= 4 is 29.3 Å². The summed E-state index contributed by atoms with van der Waals surface area (Å²) < 4.78 is 0. The zero-order chi connectivity index (χ0) is 20.5. The molecule has 0 radical (unpaired) electrons. The Bertz CT molecular complexity index is 797. The molecule has 1 aliphatic heterocycles. The van der Waals surface area contributed by atoms with E-state index in [0.29, 0.717) is 12.8 Å². The minimum atomic E-state index is 0.0450. The summed E-state index contributed by atoms with van der Waals surface area (Å²) in [7, 11) is 0. The molecule has 1 saturated heterocycles. The molecule has 2 aromatic carbocycles. The third-order valence-corrected chi connectivity index (χ3v) is 6.14. The number of aryl methyl sites for hydroxylation is 2. The number of benzene rings is 2. The van der Waals surface area contributed by atoms with E-state index in [1.165, 1.54) is 11.1 Å². The molecule has 0 aromatic heterocycles. The molecule has 1 aliphatic rings.